The van der Waals surface area contributed by atoms with Crippen molar-refractivity contribution in [2.75, 3.05) is 26.7 Å². The Morgan fingerprint density at radius 1 is 1.40 bits per heavy atom. The van der Waals surface area contributed by atoms with Gasteiger partial charge < -0.3 is 15.0 Å². The van der Waals surface area contributed by atoms with Gasteiger partial charge in [-0.1, -0.05) is 15.9 Å². The van der Waals surface area contributed by atoms with Crippen molar-refractivity contribution in [1.82, 2.24) is 10.2 Å². The molecule has 0 saturated heterocycles. The fourth-order valence-corrected chi connectivity index (χ4v) is 2.96. The fourth-order valence-electron chi connectivity index (χ4n) is 2.41. The summed E-state index contributed by atoms with van der Waals surface area (Å²) in [6, 6.07) is 4.96. The van der Waals surface area contributed by atoms with E-state index in [0.717, 1.165) is 42.9 Å². The van der Waals surface area contributed by atoms with Crippen molar-refractivity contribution >= 4 is 15.9 Å². The average molecular weight is 341 g/mol. The van der Waals surface area contributed by atoms with Crippen molar-refractivity contribution in [3.05, 3.63) is 27.7 Å². The van der Waals surface area contributed by atoms with Crippen LogP contribution in [0.25, 0.3) is 0 Å². The number of halogens is 1. The van der Waals surface area contributed by atoms with Crippen LogP contribution in [0.15, 0.2) is 16.6 Å². The minimum absolute atomic E-state index is 0.622. The molecule has 0 saturated carbocycles. The van der Waals surface area contributed by atoms with E-state index in [1.54, 1.807) is 0 Å². The predicted molar refractivity (Wildman–Crippen MR) is 87.4 cm³/mol. The van der Waals surface area contributed by atoms with Crippen LogP contribution in [0.1, 0.15) is 31.4 Å². The summed E-state index contributed by atoms with van der Waals surface area (Å²) in [5.41, 5.74) is 2.60. The molecular weight excluding hydrogens is 316 g/mol. The van der Waals surface area contributed by atoms with E-state index in [4.69, 9.17) is 4.74 Å². The third kappa shape index (κ3) is 4.21. The summed E-state index contributed by atoms with van der Waals surface area (Å²) >= 11 is 3.58. The second-order valence-electron chi connectivity index (χ2n) is 5.76. The van der Waals surface area contributed by atoms with E-state index in [1.807, 2.05) is 0 Å². The fraction of sp³-hybridized carbons (Fsp3) is 0.625. The van der Waals surface area contributed by atoms with Crippen LogP contribution in [0.4, 0.5) is 0 Å². The summed E-state index contributed by atoms with van der Waals surface area (Å²) < 4.78 is 6.89. The zero-order chi connectivity index (χ0) is 14.5. The first-order chi connectivity index (χ1) is 9.58. The van der Waals surface area contributed by atoms with E-state index in [0.29, 0.717) is 6.04 Å². The number of nitrogens with zero attached hydrogens (tertiary/aromatic N) is 1. The van der Waals surface area contributed by atoms with Gasteiger partial charge in [0.25, 0.3) is 0 Å². The SMILES string of the molecule is CC(C)N(C)CCCNCc1cc(Br)cc2c1OCC2. The lowest BCUT2D eigenvalue weighted by atomic mass is 10.1. The Balaban J connectivity index is 1.78. The third-order valence-electron chi connectivity index (χ3n) is 3.89. The molecule has 112 valence electrons. The van der Waals surface area contributed by atoms with Crippen molar-refractivity contribution in [2.24, 2.45) is 0 Å². The molecule has 1 aliphatic rings. The molecule has 1 N–H and O–H groups in total. The molecule has 1 aromatic carbocycles. The number of ether oxygens (including phenoxy) is 1. The molecule has 0 unspecified atom stereocenters. The molecule has 0 fully saturated rings. The van der Waals surface area contributed by atoms with Crippen LogP contribution in [-0.2, 0) is 13.0 Å². The van der Waals surface area contributed by atoms with Crippen LogP contribution in [-0.4, -0.2) is 37.7 Å². The van der Waals surface area contributed by atoms with E-state index in [9.17, 15) is 0 Å². The first kappa shape index (κ1) is 15.8. The smallest absolute Gasteiger partial charge is 0.127 e. The molecular formula is C16H25BrN2O. The van der Waals surface area contributed by atoms with Gasteiger partial charge in [-0.2, -0.15) is 0 Å². The maximum absolute atomic E-state index is 5.74. The van der Waals surface area contributed by atoms with Crippen LogP contribution < -0.4 is 10.1 Å². The van der Waals surface area contributed by atoms with Crippen LogP contribution in [0, 0.1) is 0 Å². The van der Waals surface area contributed by atoms with Crippen molar-refractivity contribution < 1.29 is 4.74 Å². The molecule has 1 heterocycles. The lowest BCUT2D eigenvalue weighted by Gasteiger charge is -2.20. The summed E-state index contributed by atoms with van der Waals surface area (Å²) in [6.07, 6.45) is 2.20. The Morgan fingerprint density at radius 2 is 2.20 bits per heavy atom. The summed E-state index contributed by atoms with van der Waals surface area (Å²) in [5.74, 6) is 1.10. The molecule has 0 aromatic heterocycles. The van der Waals surface area contributed by atoms with Gasteiger partial charge in [-0.05, 0) is 58.1 Å². The minimum Gasteiger partial charge on any atom is -0.493 e. The van der Waals surface area contributed by atoms with Crippen LogP contribution in [0.5, 0.6) is 5.75 Å². The lowest BCUT2D eigenvalue weighted by molar-refractivity contribution is 0.269. The Kier molecular flexibility index (Phi) is 5.87. The largest absolute Gasteiger partial charge is 0.493 e. The topological polar surface area (TPSA) is 24.5 Å². The number of rotatable bonds is 7. The summed E-state index contributed by atoms with van der Waals surface area (Å²) in [4.78, 5) is 2.38. The first-order valence-electron chi connectivity index (χ1n) is 7.43. The molecule has 0 amide bonds. The minimum atomic E-state index is 0.622. The van der Waals surface area contributed by atoms with Gasteiger partial charge in [0.05, 0.1) is 6.61 Å². The Labute approximate surface area is 130 Å². The van der Waals surface area contributed by atoms with Gasteiger partial charge in [-0.25, -0.2) is 0 Å². The Bertz CT molecular complexity index is 448. The van der Waals surface area contributed by atoms with Crippen molar-refractivity contribution in [2.45, 2.75) is 39.3 Å². The van der Waals surface area contributed by atoms with Gasteiger partial charge in [0.1, 0.15) is 5.75 Å². The summed E-state index contributed by atoms with van der Waals surface area (Å²) in [6.45, 7) is 8.34. The van der Waals surface area contributed by atoms with Gasteiger partial charge in [0.15, 0.2) is 0 Å². The number of benzene rings is 1. The third-order valence-corrected chi connectivity index (χ3v) is 4.34. The maximum atomic E-state index is 5.74. The molecule has 0 radical (unpaired) electrons. The quantitative estimate of drug-likeness (QED) is 0.771. The summed E-state index contributed by atoms with van der Waals surface area (Å²) in [5, 5.41) is 3.53. The van der Waals surface area contributed by atoms with Gasteiger partial charge >= 0.3 is 0 Å². The van der Waals surface area contributed by atoms with E-state index in [2.05, 4.69) is 59.2 Å². The zero-order valence-corrected chi connectivity index (χ0v) is 14.3. The second kappa shape index (κ2) is 7.43. The van der Waals surface area contributed by atoms with E-state index in [1.165, 1.54) is 17.5 Å². The van der Waals surface area contributed by atoms with Crippen molar-refractivity contribution in [3.8, 4) is 5.75 Å². The monoisotopic (exact) mass is 340 g/mol. The van der Waals surface area contributed by atoms with Crippen LogP contribution in [0.3, 0.4) is 0 Å². The van der Waals surface area contributed by atoms with Crippen LogP contribution >= 0.6 is 15.9 Å². The number of nitrogens with one attached hydrogen (secondary N) is 1. The number of hydrogen-bond donors (Lipinski definition) is 1. The highest BCUT2D eigenvalue weighted by Gasteiger charge is 2.16. The second-order valence-corrected chi connectivity index (χ2v) is 6.67. The maximum Gasteiger partial charge on any atom is 0.127 e. The molecule has 1 aliphatic heterocycles. The number of fused-ring (bicyclic) bond motifs is 1. The predicted octanol–water partition coefficient (Wildman–Crippen LogP) is 3.20. The van der Waals surface area contributed by atoms with Crippen LogP contribution in [0.2, 0.25) is 0 Å². The van der Waals surface area contributed by atoms with Gasteiger partial charge in [-0.3, -0.25) is 0 Å². The molecule has 2 rings (SSSR count). The van der Waals surface area contributed by atoms with Gasteiger partial charge in [-0.15, -0.1) is 0 Å². The zero-order valence-electron chi connectivity index (χ0n) is 12.7. The standard InChI is InChI=1S/C16H25BrN2O/c1-12(2)19(3)7-4-6-18-11-14-10-15(17)9-13-5-8-20-16(13)14/h9-10,12,18H,4-8,11H2,1-3H3. The highest BCUT2D eigenvalue weighted by atomic mass is 79.9. The van der Waals surface area contributed by atoms with Crippen molar-refractivity contribution in [1.29, 1.82) is 0 Å². The van der Waals surface area contributed by atoms with Gasteiger partial charge in [0.2, 0.25) is 0 Å². The highest BCUT2D eigenvalue weighted by Crippen LogP contribution is 2.32. The average Bonchev–Trinajstić information content (AvgIpc) is 2.85. The number of hydrogen-bond acceptors (Lipinski definition) is 3. The Morgan fingerprint density at radius 3 is 2.95 bits per heavy atom. The van der Waals surface area contributed by atoms with Gasteiger partial charge in [0, 0.05) is 29.0 Å². The van der Waals surface area contributed by atoms with E-state index >= 15 is 0 Å². The van der Waals surface area contributed by atoms with E-state index < -0.39 is 0 Å². The lowest BCUT2D eigenvalue weighted by Crippen LogP contribution is -2.29. The first-order valence-corrected chi connectivity index (χ1v) is 8.22. The molecule has 0 atom stereocenters. The molecule has 0 aliphatic carbocycles. The Hall–Kier alpha value is -0.580. The molecule has 4 heteroatoms. The van der Waals surface area contributed by atoms with E-state index in [-0.39, 0.29) is 0 Å². The summed E-state index contributed by atoms with van der Waals surface area (Å²) in [7, 11) is 2.18. The van der Waals surface area contributed by atoms with Crippen molar-refractivity contribution in [3.63, 3.8) is 0 Å². The molecule has 1 aromatic rings. The molecule has 3 nitrogen and oxygen atoms in total. The normalized spacial score (nSPS) is 13.9. The molecule has 0 spiro atoms. The molecule has 0 bridgehead atoms. The molecule has 20 heavy (non-hydrogen) atoms. The highest BCUT2D eigenvalue weighted by molar-refractivity contribution is 9.10.